The molecule has 0 unspecified atom stereocenters. The third-order valence-electron chi connectivity index (χ3n) is 8.29. The molecule has 4 aliphatic carbocycles. The molecule has 0 saturated heterocycles. The molecule has 0 bridgehead atoms. The minimum atomic E-state index is -4.55. The standard InChI is InChI=1S/C21H30O7S/c1-13(22)28-15-7-10-21(12-27-29(24,25)26)14(11-15)3-4-16-17-5-6-19(23)20(17,2)9-8-18(16)21/h3,15-18H,4-12H2,1-2H3,(H,24,25,26)/t15-,16+,17+,18+,20-,21+/m0/s1. The van der Waals surface area contributed by atoms with Crippen molar-refractivity contribution in [2.45, 2.75) is 71.3 Å². The van der Waals surface area contributed by atoms with Crippen LogP contribution in [0.15, 0.2) is 11.6 Å². The summed E-state index contributed by atoms with van der Waals surface area (Å²) < 4.78 is 42.4. The summed E-state index contributed by atoms with van der Waals surface area (Å²) in [4.78, 5) is 24.0. The minimum absolute atomic E-state index is 0.0942. The van der Waals surface area contributed by atoms with E-state index >= 15 is 0 Å². The van der Waals surface area contributed by atoms with Crippen LogP contribution in [0.2, 0.25) is 0 Å². The van der Waals surface area contributed by atoms with Gasteiger partial charge in [0, 0.05) is 30.6 Å². The third-order valence-corrected chi connectivity index (χ3v) is 8.71. The molecule has 8 heteroatoms. The molecule has 0 aliphatic heterocycles. The minimum Gasteiger partial charge on any atom is -0.462 e. The highest BCUT2D eigenvalue weighted by molar-refractivity contribution is 7.80. The predicted molar refractivity (Wildman–Crippen MR) is 104 cm³/mol. The van der Waals surface area contributed by atoms with Crippen LogP contribution in [0.5, 0.6) is 0 Å². The number of carbonyl (C=O) groups is 2. The zero-order valence-corrected chi connectivity index (χ0v) is 17.9. The van der Waals surface area contributed by atoms with Gasteiger partial charge in [-0.1, -0.05) is 18.6 Å². The molecule has 4 aliphatic rings. The molecule has 6 atom stereocenters. The number of rotatable bonds is 4. The smallest absolute Gasteiger partial charge is 0.397 e. The lowest BCUT2D eigenvalue weighted by atomic mass is 9.47. The number of carbonyl (C=O) groups excluding carboxylic acids is 2. The van der Waals surface area contributed by atoms with Crippen LogP contribution in [-0.2, 0) is 28.9 Å². The highest BCUT2D eigenvalue weighted by Crippen LogP contribution is 2.64. The van der Waals surface area contributed by atoms with Crippen molar-refractivity contribution in [2.24, 2.45) is 28.6 Å². The van der Waals surface area contributed by atoms with Gasteiger partial charge in [0.15, 0.2) is 0 Å². The Balaban J connectivity index is 1.67. The second-order valence-corrected chi connectivity index (χ2v) is 10.7. The molecule has 3 saturated carbocycles. The normalized spacial score (nSPS) is 41.8. The largest absolute Gasteiger partial charge is 0.462 e. The Morgan fingerprint density at radius 2 is 2.00 bits per heavy atom. The summed E-state index contributed by atoms with van der Waals surface area (Å²) in [6, 6.07) is 0. The molecular weight excluding hydrogens is 396 g/mol. The van der Waals surface area contributed by atoms with Gasteiger partial charge in [0.25, 0.3) is 0 Å². The van der Waals surface area contributed by atoms with Gasteiger partial charge in [0.2, 0.25) is 0 Å². The van der Waals surface area contributed by atoms with Crippen molar-refractivity contribution in [3.63, 3.8) is 0 Å². The predicted octanol–water partition coefficient (Wildman–Crippen LogP) is 3.25. The van der Waals surface area contributed by atoms with Crippen LogP contribution < -0.4 is 0 Å². The van der Waals surface area contributed by atoms with Crippen molar-refractivity contribution in [3.05, 3.63) is 11.6 Å². The monoisotopic (exact) mass is 426 g/mol. The van der Waals surface area contributed by atoms with Crippen molar-refractivity contribution in [2.75, 3.05) is 6.61 Å². The SMILES string of the molecule is CC(=O)O[C@H]1CC[C@@]2(COS(=O)(=O)O)C(=CC[C@H]3[C@H]2CC[C@]2(C)C(=O)CC[C@H]32)C1. The van der Waals surface area contributed by atoms with E-state index in [1.54, 1.807) is 0 Å². The van der Waals surface area contributed by atoms with Gasteiger partial charge < -0.3 is 4.74 Å². The molecule has 0 aromatic carbocycles. The molecule has 29 heavy (non-hydrogen) atoms. The molecule has 3 fully saturated rings. The number of ketones is 1. The van der Waals surface area contributed by atoms with E-state index in [1.807, 2.05) is 0 Å². The Morgan fingerprint density at radius 1 is 1.24 bits per heavy atom. The summed E-state index contributed by atoms with van der Waals surface area (Å²) in [6.45, 7) is 3.40. The van der Waals surface area contributed by atoms with Crippen LogP contribution in [0.3, 0.4) is 0 Å². The topological polar surface area (TPSA) is 107 Å². The van der Waals surface area contributed by atoms with E-state index in [2.05, 4.69) is 13.0 Å². The van der Waals surface area contributed by atoms with Gasteiger partial charge in [0.05, 0.1) is 6.61 Å². The molecule has 1 N–H and O–H groups in total. The Hall–Kier alpha value is -1.25. The molecule has 4 rings (SSSR count). The lowest BCUT2D eigenvalue weighted by Gasteiger charge is -2.57. The highest BCUT2D eigenvalue weighted by atomic mass is 32.3. The fourth-order valence-corrected chi connectivity index (χ4v) is 7.34. The van der Waals surface area contributed by atoms with Crippen molar-refractivity contribution < 1.29 is 31.5 Å². The van der Waals surface area contributed by atoms with Crippen LogP contribution in [-0.4, -0.2) is 37.4 Å². The average molecular weight is 427 g/mol. The fourth-order valence-electron chi connectivity index (χ4n) is 6.98. The summed E-state index contributed by atoms with van der Waals surface area (Å²) >= 11 is 0. The van der Waals surface area contributed by atoms with Gasteiger partial charge in [-0.3, -0.25) is 14.1 Å². The van der Waals surface area contributed by atoms with Gasteiger partial charge in [-0.2, -0.15) is 8.42 Å². The Bertz CT molecular complexity index is 847. The molecule has 162 valence electrons. The van der Waals surface area contributed by atoms with E-state index in [4.69, 9.17) is 8.92 Å². The highest BCUT2D eigenvalue weighted by Gasteiger charge is 2.60. The van der Waals surface area contributed by atoms with Crippen molar-refractivity contribution in [1.29, 1.82) is 0 Å². The quantitative estimate of drug-likeness (QED) is 0.418. The van der Waals surface area contributed by atoms with Crippen LogP contribution >= 0.6 is 0 Å². The van der Waals surface area contributed by atoms with Crippen LogP contribution in [0.25, 0.3) is 0 Å². The molecule has 0 heterocycles. The van der Waals surface area contributed by atoms with E-state index in [9.17, 15) is 22.6 Å². The molecule has 0 amide bonds. The number of ether oxygens (including phenoxy) is 1. The number of fused-ring (bicyclic) bond motifs is 5. The number of hydrogen-bond donors (Lipinski definition) is 1. The van der Waals surface area contributed by atoms with Crippen molar-refractivity contribution >= 4 is 22.2 Å². The maximum Gasteiger partial charge on any atom is 0.397 e. The van der Waals surface area contributed by atoms with E-state index in [0.29, 0.717) is 43.3 Å². The van der Waals surface area contributed by atoms with Gasteiger partial charge in [0.1, 0.15) is 11.9 Å². The number of Topliss-reactive ketones (excluding diaryl/α,β-unsaturated/α-hetero) is 1. The maximum absolute atomic E-state index is 12.6. The first-order valence-electron chi connectivity index (χ1n) is 10.6. The summed E-state index contributed by atoms with van der Waals surface area (Å²) in [6.07, 6.45) is 7.83. The van der Waals surface area contributed by atoms with Crippen molar-refractivity contribution in [3.8, 4) is 0 Å². The van der Waals surface area contributed by atoms with E-state index in [0.717, 1.165) is 31.3 Å². The second-order valence-electron chi connectivity index (χ2n) is 9.58. The summed E-state index contributed by atoms with van der Waals surface area (Å²) in [5, 5.41) is 0. The lowest BCUT2D eigenvalue weighted by Crippen LogP contribution is -2.53. The van der Waals surface area contributed by atoms with Crippen LogP contribution in [0.1, 0.15) is 65.2 Å². The zero-order chi connectivity index (χ0) is 21.0. The number of esters is 1. The fraction of sp³-hybridized carbons (Fsp3) is 0.810. The summed E-state index contributed by atoms with van der Waals surface area (Å²) in [7, 11) is -4.55. The van der Waals surface area contributed by atoms with Gasteiger partial charge in [-0.25, -0.2) is 4.18 Å². The first kappa shape index (κ1) is 21.0. The Kier molecular flexibility index (Phi) is 5.19. The van der Waals surface area contributed by atoms with Gasteiger partial charge in [-0.15, -0.1) is 0 Å². The van der Waals surface area contributed by atoms with Crippen molar-refractivity contribution in [1.82, 2.24) is 0 Å². The maximum atomic E-state index is 12.6. The number of allylic oxidation sites excluding steroid dienone is 1. The van der Waals surface area contributed by atoms with Gasteiger partial charge >= 0.3 is 16.4 Å². The van der Waals surface area contributed by atoms with E-state index in [1.165, 1.54) is 6.92 Å². The summed E-state index contributed by atoms with van der Waals surface area (Å²) in [5.41, 5.74) is 0.308. The molecule has 0 aromatic heterocycles. The Labute approximate surface area is 172 Å². The lowest BCUT2D eigenvalue weighted by molar-refractivity contribution is -0.149. The zero-order valence-electron chi connectivity index (χ0n) is 17.1. The molecule has 0 radical (unpaired) electrons. The van der Waals surface area contributed by atoms with E-state index < -0.39 is 15.8 Å². The Morgan fingerprint density at radius 3 is 2.69 bits per heavy atom. The molecule has 0 spiro atoms. The molecule has 7 nitrogen and oxygen atoms in total. The first-order valence-corrected chi connectivity index (χ1v) is 11.9. The third kappa shape index (κ3) is 3.57. The second kappa shape index (κ2) is 7.17. The van der Waals surface area contributed by atoms with Crippen LogP contribution in [0.4, 0.5) is 0 Å². The molecule has 0 aromatic rings. The van der Waals surface area contributed by atoms with E-state index in [-0.39, 0.29) is 30.0 Å². The summed E-state index contributed by atoms with van der Waals surface area (Å²) in [5.74, 6) is 0.854. The van der Waals surface area contributed by atoms with Gasteiger partial charge in [-0.05, 0) is 56.3 Å². The first-order chi connectivity index (χ1) is 13.6. The van der Waals surface area contributed by atoms with Crippen LogP contribution in [0, 0.1) is 28.6 Å². The number of hydrogen-bond acceptors (Lipinski definition) is 6. The average Bonchev–Trinajstić information content (AvgIpc) is 2.94. The molecular formula is C21H30O7S.